The molecule has 0 bridgehead atoms. The number of likely N-dealkylation sites (tertiary alicyclic amines) is 1. The Labute approximate surface area is 115 Å². The van der Waals surface area contributed by atoms with Crippen LogP contribution >= 0.6 is 0 Å². The van der Waals surface area contributed by atoms with Gasteiger partial charge in [0.15, 0.2) is 0 Å². The first kappa shape index (κ1) is 14.1. The van der Waals surface area contributed by atoms with Crippen molar-refractivity contribution in [1.82, 2.24) is 4.90 Å². The molecule has 0 spiro atoms. The average molecular weight is 260 g/mol. The Morgan fingerprint density at radius 3 is 2.79 bits per heavy atom. The number of amides is 1. The largest absolute Gasteiger partial charge is 0.340 e. The minimum atomic E-state index is 0.270. The maximum Gasteiger partial charge on any atom is 0.223 e. The number of hydrogen-bond acceptors (Lipinski definition) is 2. The van der Waals surface area contributed by atoms with Gasteiger partial charge in [-0.1, -0.05) is 24.3 Å². The molecule has 1 heterocycles. The van der Waals surface area contributed by atoms with Crippen molar-refractivity contribution in [2.24, 2.45) is 11.7 Å². The van der Waals surface area contributed by atoms with Crippen LogP contribution in [-0.4, -0.2) is 29.9 Å². The number of hydrogen-bond donors (Lipinski definition) is 1. The van der Waals surface area contributed by atoms with E-state index in [1.165, 1.54) is 11.1 Å². The molecular formula is C16H24N2O. The standard InChI is InChI=1S/C16H24N2O/c1-12-5-3-4-6-15(12)7-8-16(19)18-11-14(10-17)9-13(18)2/h3-6,13-14H,7-11,17H2,1-2H3. The first-order valence-corrected chi connectivity index (χ1v) is 7.16. The Balaban J connectivity index is 1.90. The lowest BCUT2D eigenvalue weighted by molar-refractivity contribution is -0.131. The van der Waals surface area contributed by atoms with Gasteiger partial charge in [-0.25, -0.2) is 0 Å². The summed E-state index contributed by atoms with van der Waals surface area (Å²) in [5.41, 5.74) is 8.25. The number of nitrogens with zero attached hydrogens (tertiary/aromatic N) is 1. The summed E-state index contributed by atoms with van der Waals surface area (Å²) in [4.78, 5) is 14.3. The molecule has 2 N–H and O–H groups in total. The summed E-state index contributed by atoms with van der Waals surface area (Å²) in [6.45, 7) is 5.75. The van der Waals surface area contributed by atoms with Crippen molar-refractivity contribution >= 4 is 5.91 Å². The molecule has 3 heteroatoms. The van der Waals surface area contributed by atoms with Gasteiger partial charge < -0.3 is 10.6 Å². The molecule has 0 saturated carbocycles. The quantitative estimate of drug-likeness (QED) is 0.901. The predicted molar refractivity (Wildman–Crippen MR) is 77.8 cm³/mol. The number of carbonyl (C=O) groups is 1. The third kappa shape index (κ3) is 3.35. The van der Waals surface area contributed by atoms with Gasteiger partial charge in [-0.15, -0.1) is 0 Å². The molecule has 3 nitrogen and oxygen atoms in total. The van der Waals surface area contributed by atoms with Crippen LogP contribution in [0.15, 0.2) is 24.3 Å². The van der Waals surface area contributed by atoms with E-state index in [0.717, 1.165) is 19.4 Å². The Hall–Kier alpha value is -1.35. The second-order valence-electron chi connectivity index (χ2n) is 5.66. The number of benzene rings is 1. The van der Waals surface area contributed by atoms with E-state index in [1.807, 2.05) is 17.0 Å². The summed E-state index contributed by atoms with van der Waals surface area (Å²) in [5, 5.41) is 0. The van der Waals surface area contributed by atoms with Gasteiger partial charge in [0.05, 0.1) is 0 Å². The zero-order valence-corrected chi connectivity index (χ0v) is 11.9. The zero-order valence-electron chi connectivity index (χ0n) is 11.9. The number of aryl methyl sites for hydroxylation is 2. The summed E-state index contributed by atoms with van der Waals surface area (Å²) < 4.78 is 0. The highest BCUT2D eigenvalue weighted by Gasteiger charge is 2.30. The fourth-order valence-corrected chi connectivity index (χ4v) is 2.94. The molecule has 1 aliphatic heterocycles. The predicted octanol–water partition coefficient (Wildman–Crippen LogP) is 2.12. The lowest BCUT2D eigenvalue weighted by Crippen LogP contribution is -2.34. The fraction of sp³-hybridized carbons (Fsp3) is 0.562. The highest BCUT2D eigenvalue weighted by Crippen LogP contribution is 2.23. The number of rotatable bonds is 4. The summed E-state index contributed by atoms with van der Waals surface area (Å²) in [6.07, 6.45) is 2.49. The van der Waals surface area contributed by atoms with E-state index < -0.39 is 0 Å². The SMILES string of the molecule is Cc1ccccc1CCC(=O)N1CC(CN)CC1C. The van der Waals surface area contributed by atoms with E-state index in [9.17, 15) is 4.79 Å². The van der Waals surface area contributed by atoms with E-state index in [2.05, 4.69) is 26.0 Å². The van der Waals surface area contributed by atoms with Crippen molar-refractivity contribution in [1.29, 1.82) is 0 Å². The summed E-state index contributed by atoms with van der Waals surface area (Å²) in [5.74, 6) is 0.754. The van der Waals surface area contributed by atoms with Crippen LogP contribution in [-0.2, 0) is 11.2 Å². The van der Waals surface area contributed by atoms with Crippen LogP contribution in [0.2, 0.25) is 0 Å². The van der Waals surface area contributed by atoms with Crippen molar-refractivity contribution in [3.63, 3.8) is 0 Å². The molecule has 1 aliphatic rings. The third-order valence-electron chi connectivity index (χ3n) is 4.18. The smallest absolute Gasteiger partial charge is 0.223 e. The summed E-state index contributed by atoms with van der Waals surface area (Å²) >= 11 is 0. The molecule has 1 aromatic rings. The van der Waals surface area contributed by atoms with E-state index in [4.69, 9.17) is 5.73 Å². The fourth-order valence-electron chi connectivity index (χ4n) is 2.94. The van der Waals surface area contributed by atoms with Gasteiger partial charge >= 0.3 is 0 Å². The van der Waals surface area contributed by atoms with Crippen LogP contribution in [0, 0.1) is 12.8 Å². The molecule has 2 unspecified atom stereocenters. The van der Waals surface area contributed by atoms with Crippen LogP contribution in [0.5, 0.6) is 0 Å². The Morgan fingerprint density at radius 2 is 2.16 bits per heavy atom. The van der Waals surface area contributed by atoms with Crippen LogP contribution in [0.3, 0.4) is 0 Å². The van der Waals surface area contributed by atoms with Crippen LogP contribution in [0.1, 0.15) is 30.9 Å². The highest BCUT2D eigenvalue weighted by molar-refractivity contribution is 5.77. The lowest BCUT2D eigenvalue weighted by atomic mass is 10.0. The van der Waals surface area contributed by atoms with E-state index in [0.29, 0.717) is 24.9 Å². The van der Waals surface area contributed by atoms with Crippen molar-refractivity contribution in [2.75, 3.05) is 13.1 Å². The normalized spacial score (nSPS) is 22.8. The van der Waals surface area contributed by atoms with E-state index >= 15 is 0 Å². The van der Waals surface area contributed by atoms with E-state index in [-0.39, 0.29) is 5.91 Å². The maximum atomic E-state index is 12.3. The zero-order chi connectivity index (χ0) is 13.8. The molecule has 1 aromatic carbocycles. The summed E-state index contributed by atoms with van der Waals surface area (Å²) in [7, 11) is 0. The molecule has 104 valence electrons. The molecule has 2 atom stereocenters. The van der Waals surface area contributed by atoms with Gasteiger partial charge in [-0.2, -0.15) is 0 Å². The van der Waals surface area contributed by atoms with Crippen molar-refractivity contribution in [3.8, 4) is 0 Å². The first-order valence-electron chi connectivity index (χ1n) is 7.16. The molecule has 1 saturated heterocycles. The van der Waals surface area contributed by atoms with Gasteiger partial charge in [0, 0.05) is 19.0 Å². The topological polar surface area (TPSA) is 46.3 Å². The van der Waals surface area contributed by atoms with Gasteiger partial charge in [-0.05, 0) is 50.3 Å². The minimum absolute atomic E-state index is 0.270. The van der Waals surface area contributed by atoms with Crippen LogP contribution < -0.4 is 5.73 Å². The minimum Gasteiger partial charge on any atom is -0.340 e. The van der Waals surface area contributed by atoms with Crippen molar-refractivity contribution < 1.29 is 4.79 Å². The molecular weight excluding hydrogens is 236 g/mol. The molecule has 0 aromatic heterocycles. The number of nitrogens with two attached hydrogens (primary N) is 1. The Morgan fingerprint density at radius 1 is 1.42 bits per heavy atom. The summed E-state index contributed by atoms with van der Waals surface area (Å²) in [6, 6.07) is 8.63. The number of carbonyl (C=O) groups excluding carboxylic acids is 1. The molecule has 2 rings (SSSR count). The van der Waals surface area contributed by atoms with Gasteiger partial charge in [0.2, 0.25) is 5.91 Å². The third-order valence-corrected chi connectivity index (χ3v) is 4.18. The van der Waals surface area contributed by atoms with Crippen LogP contribution in [0.4, 0.5) is 0 Å². The van der Waals surface area contributed by atoms with Gasteiger partial charge in [-0.3, -0.25) is 4.79 Å². The molecule has 19 heavy (non-hydrogen) atoms. The Kier molecular flexibility index (Phi) is 4.59. The van der Waals surface area contributed by atoms with Crippen molar-refractivity contribution in [2.45, 2.75) is 39.2 Å². The lowest BCUT2D eigenvalue weighted by Gasteiger charge is -2.21. The Bertz CT molecular complexity index is 444. The van der Waals surface area contributed by atoms with E-state index in [1.54, 1.807) is 0 Å². The molecule has 1 fully saturated rings. The second-order valence-corrected chi connectivity index (χ2v) is 5.66. The highest BCUT2D eigenvalue weighted by atomic mass is 16.2. The molecule has 1 amide bonds. The monoisotopic (exact) mass is 260 g/mol. The molecule has 0 aliphatic carbocycles. The maximum absolute atomic E-state index is 12.3. The first-order chi connectivity index (χ1) is 9.11. The average Bonchev–Trinajstić information content (AvgIpc) is 2.79. The van der Waals surface area contributed by atoms with Crippen molar-refractivity contribution in [3.05, 3.63) is 35.4 Å². The van der Waals surface area contributed by atoms with Gasteiger partial charge in [0.1, 0.15) is 0 Å². The van der Waals surface area contributed by atoms with Gasteiger partial charge in [0.25, 0.3) is 0 Å². The molecule has 0 radical (unpaired) electrons. The van der Waals surface area contributed by atoms with Crippen LogP contribution in [0.25, 0.3) is 0 Å². The second kappa shape index (κ2) is 6.20.